The summed E-state index contributed by atoms with van der Waals surface area (Å²) in [7, 11) is 0. The molecule has 106 valence electrons. The lowest BCUT2D eigenvalue weighted by Crippen LogP contribution is -2.57. The molecule has 1 aliphatic heterocycles. The lowest BCUT2D eigenvalue weighted by molar-refractivity contribution is -0.00897. The smallest absolute Gasteiger partial charge is 0.0578 e. The van der Waals surface area contributed by atoms with Crippen molar-refractivity contribution < 1.29 is 5.11 Å². The topological polar surface area (TPSA) is 35.5 Å². The van der Waals surface area contributed by atoms with Crippen molar-refractivity contribution in [1.29, 1.82) is 0 Å². The second kappa shape index (κ2) is 6.36. The number of likely N-dealkylation sites (tertiary alicyclic amines) is 1. The molecule has 0 aromatic carbocycles. The summed E-state index contributed by atoms with van der Waals surface area (Å²) < 4.78 is 0. The van der Waals surface area contributed by atoms with Crippen LogP contribution >= 0.6 is 0 Å². The third-order valence-electron chi connectivity index (χ3n) is 4.83. The predicted octanol–water partition coefficient (Wildman–Crippen LogP) is 1.86. The van der Waals surface area contributed by atoms with Gasteiger partial charge < -0.3 is 10.4 Å². The molecular formula is C15H30N2O. The average molecular weight is 254 g/mol. The van der Waals surface area contributed by atoms with Crippen molar-refractivity contribution in [3.8, 4) is 0 Å². The zero-order chi connectivity index (χ0) is 13.1. The lowest BCUT2D eigenvalue weighted by Gasteiger charge is -2.48. The summed E-state index contributed by atoms with van der Waals surface area (Å²) in [5.41, 5.74) is 0. The van der Waals surface area contributed by atoms with E-state index in [-0.39, 0.29) is 6.10 Å². The van der Waals surface area contributed by atoms with Gasteiger partial charge in [0, 0.05) is 25.2 Å². The molecule has 0 aromatic heterocycles. The third-order valence-corrected chi connectivity index (χ3v) is 4.83. The SMILES string of the molecule is CCNC1CC(C(O)CC)CN(C2CC(C)C2)C1. The normalized spacial score (nSPS) is 39.3. The molecule has 2 rings (SSSR count). The van der Waals surface area contributed by atoms with Crippen molar-refractivity contribution in [2.24, 2.45) is 11.8 Å². The van der Waals surface area contributed by atoms with E-state index in [0.29, 0.717) is 12.0 Å². The second-order valence-corrected chi connectivity index (χ2v) is 6.41. The van der Waals surface area contributed by atoms with Gasteiger partial charge in [0.25, 0.3) is 0 Å². The number of nitrogens with one attached hydrogen (secondary N) is 1. The maximum absolute atomic E-state index is 10.2. The largest absolute Gasteiger partial charge is 0.393 e. The minimum absolute atomic E-state index is 0.119. The van der Waals surface area contributed by atoms with Gasteiger partial charge in [0.15, 0.2) is 0 Å². The maximum Gasteiger partial charge on any atom is 0.0578 e. The highest BCUT2D eigenvalue weighted by molar-refractivity contribution is 4.93. The number of aliphatic hydroxyl groups is 1. The van der Waals surface area contributed by atoms with Crippen LogP contribution < -0.4 is 5.32 Å². The summed E-state index contributed by atoms with van der Waals surface area (Å²) in [6.07, 6.45) is 4.62. The van der Waals surface area contributed by atoms with E-state index < -0.39 is 0 Å². The summed E-state index contributed by atoms with van der Waals surface area (Å²) in [5, 5.41) is 13.7. The minimum Gasteiger partial charge on any atom is -0.393 e. The summed E-state index contributed by atoms with van der Waals surface area (Å²) in [4.78, 5) is 2.64. The fourth-order valence-corrected chi connectivity index (χ4v) is 3.68. The highest BCUT2D eigenvalue weighted by atomic mass is 16.3. The van der Waals surface area contributed by atoms with Gasteiger partial charge in [-0.3, -0.25) is 4.90 Å². The molecule has 3 unspecified atom stereocenters. The van der Waals surface area contributed by atoms with Crippen LogP contribution in [0.25, 0.3) is 0 Å². The van der Waals surface area contributed by atoms with Crippen LogP contribution in [0.3, 0.4) is 0 Å². The Balaban J connectivity index is 1.93. The van der Waals surface area contributed by atoms with Gasteiger partial charge in [-0.05, 0) is 44.1 Å². The van der Waals surface area contributed by atoms with Crippen LogP contribution in [0.1, 0.15) is 46.5 Å². The van der Waals surface area contributed by atoms with Crippen LogP contribution in [0.2, 0.25) is 0 Å². The molecule has 0 radical (unpaired) electrons. The van der Waals surface area contributed by atoms with E-state index in [4.69, 9.17) is 0 Å². The molecular weight excluding hydrogens is 224 g/mol. The summed E-state index contributed by atoms with van der Waals surface area (Å²) in [5.74, 6) is 1.37. The number of likely N-dealkylation sites (N-methyl/N-ethyl adjacent to an activating group) is 1. The molecule has 0 aromatic rings. The number of piperidine rings is 1. The molecule has 2 N–H and O–H groups in total. The first-order valence-electron chi connectivity index (χ1n) is 7.79. The monoisotopic (exact) mass is 254 g/mol. The van der Waals surface area contributed by atoms with Gasteiger partial charge in [0.2, 0.25) is 0 Å². The van der Waals surface area contributed by atoms with E-state index in [9.17, 15) is 5.11 Å². The van der Waals surface area contributed by atoms with E-state index >= 15 is 0 Å². The second-order valence-electron chi connectivity index (χ2n) is 6.41. The molecule has 3 heteroatoms. The number of hydrogen-bond donors (Lipinski definition) is 2. The van der Waals surface area contributed by atoms with Crippen LogP contribution in [0.15, 0.2) is 0 Å². The molecule has 0 bridgehead atoms. The summed E-state index contributed by atoms with van der Waals surface area (Å²) >= 11 is 0. The molecule has 2 aliphatic rings. The minimum atomic E-state index is -0.119. The van der Waals surface area contributed by atoms with Crippen molar-refractivity contribution in [3.63, 3.8) is 0 Å². The van der Waals surface area contributed by atoms with Crippen molar-refractivity contribution in [3.05, 3.63) is 0 Å². The fourth-order valence-electron chi connectivity index (χ4n) is 3.68. The van der Waals surface area contributed by atoms with Gasteiger partial charge in [0.05, 0.1) is 6.10 Å². The molecule has 3 nitrogen and oxygen atoms in total. The maximum atomic E-state index is 10.2. The van der Waals surface area contributed by atoms with Crippen LogP contribution in [-0.4, -0.2) is 47.8 Å². The molecule has 1 heterocycles. The quantitative estimate of drug-likeness (QED) is 0.786. The Morgan fingerprint density at radius 3 is 2.50 bits per heavy atom. The number of nitrogens with zero attached hydrogens (tertiary/aromatic N) is 1. The van der Waals surface area contributed by atoms with E-state index in [1.807, 2.05) is 0 Å². The van der Waals surface area contributed by atoms with E-state index in [1.165, 1.54) is 19.4 Å². The first kappa shape index (κ1) is 14.3. The third kappa shape index (κ3) is 3.25. The van der Waals surface area contributed by atoms with Gasteiger partial charge in [-0.1, -0.05) is 20.8 Å². The van der Waals surface area contributed by atoms with E-state index in [2.05, 4.69) is 31.0 Å². The Kier molecular flexibility index (Phi) is 5.05. The average Bonchev–Trinajstić information content (AvgIpc) is 2.34. The van der Waals surface area contributed by atoms with Gasteiger partial charge >= 0.3 is 0 Å². The molecule has 0 amide bonds. The molecule has 1 saturated heterocycles. The van der Waals surface area contributed by atoms with Crippen LogP contribution in [-0.2, 0) is 0 Å². The van der Waals surface area contributed by atoms with Crippen molar-refractivity contribution in [2.45, 2.75) is 64.6 Å². The van der Waals surface area contributed by atoms with E-state index in [0.717, 1.165) is 37.9 Å². The highest BCUT2D eigenvalue weighted by Gasteiger charge is 2.37. The Hall–Kier alpha value is -0.120. The zero-order valence-electron chi connectivity index (χ0n) is 12.2. The standard InChI is InChI=1S/C15H30N2O/c1-4-15(18)12-8-13(16-5-2)10-17(9-12)14-6-11(3)7-14/h11-16,18H,4-10H2,1-3H3. The highest BCUT2D eigenvalue weighted by Crippen LogP contribution is 2.34. The van der Waals surface area contributed by atoms with E-state index in [1.54, 1.807) is 0 Å². The number of hydrogen-bond acceptors (Lipinski definition) is 3. The van der Waals surface area contributed by atoms with Crippen LogP contribution in [0.4, 0.5) is 0 Å². The first-order valence-corrected chi connectivity index (χ1v) is 7.79. The predicted molar refractivity (Wildman–Crippen MR) is 75.6 cm³/mol. The fraction of sp³-hybridized carbons (Fsp3) is 1.00. The van der Waals surface area contributed by atoms with Gasteiger partial charge in [-0.15, -0.1) is 0 Å². The zero-order valence-corrected chi connectivity index (χ0v) is 12.2. The molecule has 1 aliphatic carbocycles. The van der Waals surface area contributed by atoms with Crippen LogP contribution in [0.5, 0.6) is 0 Å². The van der Waals surface area contributed by atoms with Gasteiger partial charge in [-0.2, -0.15) is 0 Å². The lowest BCUT2D eigenvalue weighted by atomic mass is 9.78. The first-order chi connectivity index (χ1) is 8.63. The molecule has 1 saturated carbocycles. The Morgan fingerprint density at radius 2 is 1.94 bits per heavy atom. The Labute approximate surface area is 112 Å². The van der Waals surface area contributed by atoms with Crippen molar-refractivity contribution in [2.75, 3.05) is 19.6 Å². The number of aliphatic hydroxyl groups excluding tert-OH is 1. The summed E-state index contributed by atoms with van der Waals surface area (Å²) in [6.45, 7) is 9.94. The molecule has 3 atom stereocenters. The molecule has 18 heavy (non-hydrogen) atoms. The van der Waals surface area contributed by atoms with Crippen LogP contribution in [0, 0.1) is 11.8 Å². The molecule has 2 fully saturated rings. The van der Waals surface area contributed by atoms with Gasteiger partial charge in [0.1, 0.15) is 0 Å². The van der Waals surface area contributed by atoms with Crippen molar-refractivity contribution in [1.82, 2.24) is 10.2 Å². The summed E-state index contributed by atoms with van der Waals surface area (Å²) in [6, 6.07) is 1.36. The molecule has 0 spiro atoms. The Bertz CT molecular complexity index is 253. The Morgan fingerprint density at radius 1 is 1.22 bits per heavy atom. The number of rotatable bonds is 5. The van der Waals surface area contributed by atoms with Gasteiger partial charge in [-0.25, -0.2) is 0 Å². The van der Waals surface area contributed by atoms with Crippen molar-refractivity contribution >= 4 is 0 Å².